The first kappa shape index (κ1) is 14.4. The zero-order chi connectivity index (χ0) is 14.3. The maximum Gasteiger partial charge on any atom is 0.326 e. The van der Waals surface area contributed by atoms with Gasteiger partial charge in [0, 0.05) is 12.4 Å². The van der Waals surface area contributed by atoms with Gasteiger partial charge in [-0.2, -0.15) is 0 Å². The summed E-state index contributed by atoms with van der Waals surface area (Å²) in [5.41, 5.74) is 0. The summed E-state index contributed by atoms with van der Waals surface area (Å²) < 4.78 is 4.33. The van der Waals surface area contributed by atoms with Crippen molar-refractivity contribution in [2.24, 2.45) is 0 Å². The lowest BCUT2D eigenvalue weighted by Crippen LogP contribution is -2.44. The second-order valence-electron chi connectivity index (χ2n) is 3.34. The average molecular weight is 268 g/mol. The third kappa shape index (κ3) is 4.98. The third-order valence-electron chi connectivity index (χ3n) is 1.99. The van der Waals surface area contributed by atoms with Crippen molar-refractivity contribution in [2.75, 3.05) is 12.4 Å². The number of anilines is 1. The molecule has 0 saturated carbocycles. The molecule has 0 fully saturated rings. The SMILES string of the molecule is COC(=O)C[C@H](NC(=O)Nc1ncccn1)C(=O)O. The summed E-state index contributed by atoms with van der Waals surface area (Å²) in [7, 11) is 1.12. The number of aromatic nitrogens is 2. The van der Waals surface area contributed by atoms with E-state index < -0.39 is 30.4 Å². The summed E-state index contributed by atoms with van der Waals surface area (Å²) >= 11 is 0. The Morgan fingerprint density at radius 2 is 2.00 bits per heavy atom. The highest BCUT2D eigenvalue weighted by atomic mass is 16.5. The lowest BCUT2D eigenvalue weighted by Gasteiger charge is -2.13. The topological polar surface area (TPSA) is 131 Å². The van der Waals surface area contributed by atoms with Gasteiger partial charge in [-0.3, -0.25) is 10.1 Å². The second-order valence-corrected chi connectivity index (χ2v) is 3.34. The molecule has 3 N–H and O–H groups in total. The van der Waals surface area contributed by atoms with Crippen molar-refractivity contribution in [3.63, 3.8) is 0 Å². The molecule has 1 rings (SSSR count). The zero-order valence-corrected chi connectivity index (χ0v) is 9.99. The van der Waals surface area contributed by atoms with Crippen LogP contribution >= 0.6 is 0 Å². The fourth-order valence-electron chi connectivity index (χ4n) is 1.11. The van der Waals surface area contributed by atoms with Gasteiger partial charge >= 0.3 is 18.0 Å². The van der Waals surface area contributed by atoms with Crippen LogP contribution in [0.25, 0.3) is 0 Å². The van der Waals surface area contributed by atoms with Crippen LogP contribution < -0.4 is 10.6 Å². The molecule has 102 valence electrons. The molecular weight excluding hydrogens is 256 g/mol. The smallest absolute Gasteiger partial charge is 0.326 e. The van der Waals surface area contributed by atoms with Crippen LogP contribution in [-0.2, 0) is 14.3 Å². The van der Waals surface area contributed by atoms with Gasteiger partial charge in [-0.15, -0.1) is 0 Å². The van der Waals surface area contributed by atoms with Crippen molar-refractivity contribution >= 4 is 23.9 Å². The number of carboxylic acids is 1. The normalized spacial score (nSPS) is 11.2. The number of nitrogens with zero attached hydrogens (tertiary/aromatic N) is 2. The Balaban J connectivity index is 2.57. The maximum absolute atomic E-state index is 11.5. The largest absolute Gasteiger partial charge is 0.480 e. The Hall–Kier alpha value is -2.71. The number of hydrogen-bond acceptors (Lipinski definition) is 6. The fourth-order valence-corrected chi connectivity index (χ4v) is 1.11. The molecule has 0 aliphatic heterocycles. The first-order valence-electron chi connectivity index (χ1n) is 5.17. The predicted octanol–water partition coefficient (Wildman–Crippen LogP) is -0.386. The predicted molar refractivity (Wildman–Crippen MR) is 62.2 cm³/mol. The average Bonchev–Trinajstić information content (AvgIpc) is 2.38. The monoisotopic (exact) mass is 268 g/mol. The van der Waals surface area contributed by atoms with Crippen molar-refractivity contribution < 1.29 is 24.2 Å². The molecule has 1 heterocycles. The molecule has 0 saturated heterocycles. The highest BCUT2D eigenvalue weighted by Gasteiger charge is 2.23. The van der Waals surface area contributed by atoms with E-state index in [1.807, 2.05) is 0 Å². The fraction of sp³-hybridized carbons (Fsp3) is 0.300. The minimum atomic E-state index is -1.39. The minimum Gasteiger partial charge on any atom is -0.480 e. The van der Waals surface area contributed by atoms with Gasteiger partial charge in [0.25, 0.3) is 0 Å². The lowest BCUT2D eigenvalue weighted by molar-refractivity contribution is -0.147. The van der Waals surface area contributed by atoms with E-state index in [2.05, 4.69) is 25.3 Å². The Kier molecular flexibility index (Phi) is 5.20. The van der Waals surface area contributed by atoms with Crippen molar-refractivity contribution in [2.45, 2.75) is 12.5 Å². The van der Waals surface area contributed by atoms with E-state index in [9.17, 15) is 14.4 Å². The maximum atomic E-state index is 11.5. The van der Waals surface area contributed by atoms with E-state index in [-0.39, 0.29) is 5.95 Å². The molecule has 0 bridgehead atoms. The van der Waals surface area contributed by atoms with Crippen LogP contribution in [0.4, 0.5) is 10.7 Å². The number of methoxy groups -OCH3 is 1. The van der Waals surface area contributed by atoms with Gasteiger partial charge in [-0.1, -0.05) is 0 Å². The second kappa shape index (κ2) is 6.89. The van der Waals surface area contributed by atoms with Gasteiger partial charge in [0.1, 0.15) is 6.04 Å². The molecule has 2 amide bonds. The molecule has 0 unspecified atom stereocenters. The van der Waals surface area contributed by atoms with E-state index in [1.165, 1.54) is 12.4 Å². The van der Waals surface area contributed by atoms with Crippen LogP contribution in [0.2, 0.25) is 0 Å². The van der Waals surface area contributed by atoms with E-state index in [0.717, 1.165) is 7.11 Å². The molecule has 0 radical (unpaired) electrons. The Labute approximate surface area is 108 Å². The van der Waals surface area contributed by atoms with Gasteiger partial charge in [0.05, 0.1) is 13.5 Å². The molecule has 9 heteroatoms. The highest BCUT2D eigenvalue weighted by molar-refractivity contribution is 5.92. The summed E-state index contributed by atoms with van der Waals surface area (Å²) in [4.78, 5) is 40.8. The van der Waals surface area contributed by atoms with Crippen molar-refractivity contribution in [1.29, 1.82) is 0 Å². The van der Waals surface area contributed by atoms with Crippen LogP contribution in [0.5, 0.6) is 0 Å². The molecule has 0 aromatic carbocycles. The van der Waals surface area contributed by atoms with Gasteiger partial charge in [-0.25, -0.2) is 19.6 Å². The number of amides is 2. The van der Waals surface area contributed by atoms with E-state index in [0.29, 0.717) is 0 Å². The standard InChI is InChI=1S/C10H12N4O5/c1-19-7(15)5-6(8(16)17)13-10(18)14-9-11-3-2-4-12-9/h2-4,6H,5H2,1H3,(H,16,17)(H2,11,12,13,14,18)/t6-/m0/s1. The molecular formula is C10H12N4O5. The highest BCUT2D eigenvalue weighted by Crippen LogP contribution is 1.98. The Morgan fingerprint density at radius 3 is 2.53 bits per heavy atom. The summed E-state index contributed by atoms with van der Waals surface area (Å²) in [6, 6.07) is -0.668. The molecule has 0 aliphatic rings. The summed E-state index contributed by atoms with van der Waals surface area (Å²) in [5, 5.41) is 13.2. The van der Waals surface area contributed by atoms with E-state index in [1.54, 1.807) is 6.07 Å². The summed E-state index contributed by atoms with van der Waals surface area (Å²) in [5.74, 6) is -2.08. The van der Waals surface area contributed by atoms with Crippen LogP contribution in [-0.4, -0.2) is 46.2 Å². The number of carbonyl (C=O) groups is 3. The zero-order valence-electron chi connectivity index (χ0n) is 9.99. The number of hydrogen-bond donors (Lipinski definition) is 3. The molecule has 1 aromatic heterocycles. The Bertz CT molecular complexity index is 464. The first-order chi connectivity index (χ1) is 9.02. The van der Waals surface area contributed by atoms with Crippen LogP contribution in [0.3, 0.4) is 0 Å². The first-order valence-corrected chi connectivity index (χ1v) is 5.17. The van der Waals surface area contributed by atoms with Gasteiger partial charge in [0.15, 0.2) is 0 Å². The molecule has 1 atom stereocenters. The molecule has 19 heavy (non-hydrogen) atoms. The van der Waals surface area contributed by atoms with Crippen LogP contribution in [0, 0.1) is 0 Å². The number of carboxylic acid groups (broad SMARTS) is 1. The van der Waals surface area contributed by atoms with Gasteiger partial charge in [0.2, 0.25) is 5.95 Å². The number of carbonyl (C=O) groups excluding carboxylic acids is 2. The molecule has 0 aliphatic carbocycles. The van der Waals surface area contributed by atoms with Gasteiger partial charge < -0.3 is 15.2 Å². The number of ether oxygens (including phenoxy) is 1. The molecule has 9 nitrogen and oxygen atoms in total. The van der Waals surface area contributed by atoms with E-state index in [4.69, 9.17) is 5.11 Å². The minimum absolute atomic E-state index is 0.0159. The van der Waals surface area contributed by atoms with Crippen molar-refractivity contribution in [1.82, 2.24) is 15.3 Å². The molecule has 1 aromatic rings. The lowest BCUT2D eigenvalue weighted by atomic mass is 10.2. The summed E-state index contributed by atoms with van der Waals surface area (Å²) in [6.45, 7) is 0. The number of urea groups is 1. The van der Waals surface area contributed by atoms with Crippen LogP contribution in [0.1, 0.15) is 6.42 Å². The number of aliphatic carboxylic acids is 1. The number of rotatable bonds is 5. The van der Waals surface area contributed by atoms with Crippen LogP contribution in [0.15, 0.2) is 18.5 Å². The van der Waals surface area contributed by atoms with Crippen molar-refractivity contribution in [3.8, 4) is 0 Å². The Morgan fingerprint density at radius 1 is 1.37 bits per heavy atom. The van der Waals surface area contributed by atoms with Crippen molar-refractivity contribution in [3.05, 3.63) is 18.5 Å². The summed E-state index contributed by atoms with van der Waals surface area (Å²) in [6.07, 6.45) is 2.34. The van der Waals surface area contributed by atoms with Gasteiger partial charge in [-0.05, 0) is 6.07 Å². The number of esters is 1. The van der Waals surface area contributed by atoms with E-state index >= 15 is 0 Å². The third-order valence-corrected chi connectivity index (χ3v) is 1.99. The quantitative estimate of drug-likeness (QED) is 0.620. The molecule has 0 spiro atoms. The number of nitrogens with one attached hydrogen (secondary N) is 2.